The molecule has 0 aromatic heterocycles. The minimum absolute atomic E-state index is 0.135. The highest BCUT2D eigenvalue weighted by atomic mass is 16.5. The van der Waals surface area contributed by atoms with Crippen molar-refractivity contribution in [1.29, 1.82) is 0 Å². The molecule has 0 amide bonds. The van der Waals surface area contributed by atoms with Crippen molar-refractivity contribution in [2.45, 2.75) is 58.5 Å². The molecule has 0 heterocycles. The van der Waals surface area contributed by atoms with Crippen LogP contribution < -0.4 is 0 Å². The molecule has 1 fully saturated rings. The van der Waals surface area contributed by atoms with E-state index in [-0.39, 0.29) is 12.1 Å². The molecule has 1 rings (SSSR count). The SMILES string of the molecule is CCCC=CCC1CCCC1OC(C)=O. The predicted molar refractivity (Wildman–Crippen MR) is 61.6 cm³/mol. The van der Waals surface area contributed by atoms with Gasteiger partial charge < -0.3 is 4.74 Å². The number of hydrogen-bond acceptors (Lipinski definition) is 2. The molecule has 0 bridgehead atoms. The van der Waals surface area contributed by atoms with Gasteiger partial charge in [-0.15, -0.1) is 0 Å². The fourth-order valence-electron chi connectivity index (χ4n) is 2.20. The van der Waals surface area contributed by atoms with E-state index in [4.69, 9.17) is 4.74 Å². The van der Waals surface area contributed by atoms with Gasteiger partial charge in [0.1, 0.15) is 6.10 Å². The fourth-order valence-corrected chi connectivity index (χ4v) is 2.20. The first kappa shape index (κ1) is 12.3. The van der Waals surface area contributed by atoms with Gasteiger partial charge in [0.25, 0.3) is 0 Å². The Morgan fingerprint density at radius 1 is 1.40 bits per heavy atom. The third-order valence-corrected chi connectivity index (χ3v) is 2.97. The minimum atomic E-state index is -0.135. The number of carbonyl (C=O) groups excluding carboxylic acids is 1. The molecule has 2 heteroatoms. The van der Waals surface area contributed by atoms with Crippen molar-refractivity contribution in [1.82, 2.24) is 0 Å². The van der Waals surface area contributed by atoms with Gasteiger partial charge in [-0.05, 0) is 38.0 Å². The lowest BCUT2D eigenvalue weighted by molar-refractivity contribution is -0.147. The Labute approximate surface area is 92.7 Å². The van der Waals surface area contributed by atoms with Crippen molar-refractivity contribution in [3.05, 3.63) is 12.2 Å². The van der Waals surface area contributed by atoms with Gasteiger partial charge in [-0.2, -0.15) is 0 Å². The number of allylic oxidation sites excluding steroid dienone is 2. The molecule has 0 radical (unpaired) electrons. The molecular formula is C13H22O2. The van der Waals surface area contributed by atoms with Gasteiger partial charge in [0, 0.05) is 6.92 Å². The number of unbranched alkanes of at least 4 members (excludes halogenated alkanes) is 1. The summed E-state index contributed by atoms with van der Waals surface area (Å²) in [6.07, 6.45) is 11.5. The lowest BCUT2D eigenvalue weighted by Gasteiger charge is -2.17. The number of carbonyl (C=O) groups is 1. The maximum absolute atomic E-state index is 10.9. The molecule has 0 aliphatic heterocycles. The molecule has 2 unspecified atom stereocenters. The van der Waals surface area contributed by atoms with Gasteiger partial charge in [0.15, 0.2) is 0 Å². The Kier molecular flexibility index (Phi) is 5.44. The summed E-state index contributed by atoms with van der Waals surface area (Å²) in [5, 5.41) is 0. The molecule has 0 saturated heterocycles. The Bertz CT molecular complexity index is 221. The summed E-state index contributed by atoms with van der Waals surface area (Å²) in [7, 11) is 0. The average molecular weight is 210 g/mol. The summed E-state index contributed by atoms with van der Waals surface area (Å²) in [5.74, 6) is 0.423. The first-order valence-corrected chi connectivity index (χ1v) is 6.06. The largest absolute Gasteiger partial charge is 0.462 e. The van der Waals surface area contributed by atoms with Crippen molar-refractivity contribution in [2.24, 2.45) is 5.92 Å². The summed E-state index contributed by atoms with van der Waals surface area (Å²) in [6.45, 7) is 3.68. The molecule has 1 aliphatic carbocycles. The van der Waals surface area contributed by atoms with E-state index in [2.05, 4.69) is 19.1 Å². The third kappa shape index (κ3) is 4.50. The maximum Gasteiger partial charge on any atom is 0.302 e. The quantitative estimate of drug-likeness (QED) is 0.513. The smallest absolute Gasteiger partial charge is 0.302 e. The van der Waals surface area contributed by atoms with Crippen LogP contribution in [-0.4, -0.2) is 12.1 Å². The molecule has 2 atom stereocenters. The third-order valence-electron chi connectivity index (χ3n) is 2.97. The summed E-state index contributed by atoms with van der Waals surface area (Å²) in [5.41, 5.74) is 0. The molecule has 0 N–H and O–H groups in total. The van der Waals surface area contributed by atoms with E-state index in [0.717, 1.165) is 19.3 Å². The van der Waals surface area contributed by atoms with Crippen molar-refractivity contribution in [3.8, 4) is 0 Å². The number of ether oxygens (including phenoxy) is 1. The number of hydrogen-bond donors (Lipinski definition) is 0. The lowest BCUT2D eigenvalue weighted by Crippen LogP contribution is -2.20. The van der Waals surface area contributed by atoms with E-state index in [0.29, 0.717) is 5.92 Å². The standard InChI is InChI=1S/C13H22O2/c1-3-4-5-6-8-12-9-7-10-13(12)15-11(2)14/h5-6,12-13H,3-4,7-10H2,1-2H3. The summed E-state index contributed by atoms with van der Waals surface area (Å²) < 4.78 is 5.31. The Balaban J connectivity index is 2.29. The second kappa shape index (κ2) is 6.65. The fraction of sp³-hybridized carbons (Fsp3) is 0.769. The molecule has 1 aliphatic rings. The minimum Gasteiger partial charge on any atom is -0.462 e. The van der Waals surface area contributed by atoms with Crippen LogP contribution in [-0.2, 0) is 9.53 Å². The topological polar surface area (TPSA) is 26.3 Å². The van der Waals surface area contributed by atoms with Crippen molar-refractivity contribution in [3.63, 3.8) is 0 Å². The molecular weight excluding hydrogens is 188 g/mol. The van der Waals surface area contributed by atoms with Crippen LogP contribution in [0.4, 0.5) is 0 Å². The van der Waals surface area contributed by atoms with E-state index < -0.39 is 0 Å². The number of esters is 1. The maximum atomic E-state index is 10.9. The van der Waals surface area contributed by atoms with Gasteiger partial charge in [-0.3, -0.25) is 4.79 Å². The van der Waals surface area contributed by atoms with Gasteiger partial charge in [0.2, 0.25) is 0 Å². The molecule has 15 heavy (non-hydrogen) atoms. The Morgan fingerprint density at radius 2 is 2.20 bits per heavy atom. The van der Waals surface area contributed by atoms with Crippen LogP contribution in [0.25, 0.3) is 0 Å². The summed E-state index contributed by atoms with van der Waals surface area (Å²) >= 11 is 0. The van der Waals surface area contributed by atoms with Crippen LogP contribution >= 0.6 is 0 Å². The van der Waals surface area contributed by atoms with Crippen LogP contribution in [0.2, 0.25) is 0 Å². The normalized spacial score (nSPS) is 26.0. The van der Waals surface area contributed by atoms with Crippen molar-refractivity contribution < 1.29 is 9.53 Å². The van der Waals surface area contributed by atoms with E-state index in [1.54, 1.807) is 0 Å². The van der Waals surface area contributed by atoms with Crippen LogP contribution in [0, 0.1) is 5.92 Å². The molecule has 86 valence electrons. The van der Waals surface area contributed by atoms with Crippen molar-refractivity contribution >= 4 is 5.97 Å². The van der Waals surface area contributed by atoms with Crippen LogP contribution in [0.5, 0.6) is 0 Å². The lowest BCUT2D eigenvalue weighted by atomic mass is 10.0. The second-order valence-electron chi connectivity index (χ2n) is 4.33. The molecule has 0 aromatic carbocycles. The second-order valence-corrected chi connectivity index (χ2v) is 4.33. The molecule has 1 saturated carbocycles. The van der Waals surface area contributed by atoms with Gasteiger partial charge in [-0.1, -0.05) is 25.5 Å². The first-order chi connectivity index (χ1) is 7.24. The van der Waals surface area contributed by atoms with Gasteiger partial charge >= 0.3 is 5.97 Å². The highest BCUT2D eigenvalue weighted by Crippen LogP contribution is 2.31. The Morgan fingerprint density at radius 3 is 2.87 bits per heavy atom. The van der Waals surface area contributed by atoms with E-state index in [1.165, 1.54) is 26.2 Å². The predicted octanol–water partition coefficient (Wildman–Crippen LogP) is 3.46. The average Bonchev–Trinajstić information content (AvgIpc) is 2.59. The highest BCUT2D eigenvalue weighted by molar-refractivity contribution is 5.66. The first-order valence-electron chi connectivity index (χ1n) is 6.06. The Hall–Kier alpha value is -0.790. The van der Waals surface area contributed by atoms with E-state index in [1.807, 2.05) is 0 Å². The van der Waals surface area contributed by atoms with Crippen LogP contribution in [0.3, 0.4) is 0 Å². The number of rotatable bonds is 5. The molecule has 0 spiro atoms. The van der Waals surface area contributed by atoms with Crippen LogP contribution in [0.15, 0.2) is 12.2 Å². The van der Waals surface area contributed by atoms with Gasteiger partial charge in [0.05, 0.1) is 0 Å². The van der Waals surface area contributed by atoms with E-state index in [9.17, 15) is 4.79 Å². The molecule has 0 aromatic rings. The summed E-state index contributed by atoms with van der Waals surface area (Å²) in [4.78, 5) is 10.9. The van der Waals surface area contributed by atoms with Crippen molar-refractivity contribution in [2.75, 3.05) is 0 Å². The van der Waals surface area contributed by atoms with E-state index >= 15 is 0 Å². The summed E-state index contributed by atoms with van der Waals surface area (Å²) in [6, 6.07) is 0. The monoisotopic (exact) mass is 210 g/mol. The highest BCUT2D eigenvalue weighted by Gasteiger charge is 2.28. The zero-order chi connectivity index (χ0) is 11.1. The zero-order valence-corrected chi connectivity index (χ0v) is 9.87. The van der Waals surface area contributed by atoms with Crippen LogP contribution in [0.1, 0.15) is 52.4 Å². The zero-order valence-electron chi connectivity index (χ0n) is 9.87. The molecule has 2 nitrogen and oxygen atoms in total. The van der Waals surface area contributed by atoms with Gasteiger partial charge in [-0.25, -0.2) is 0 Å².